The molecule has 4 N–H and O–H groups in total. The zero-order chi connectivity index (χ0) is 14.7. The number of anilines is 1. The van der Waals surface area contributed by atoms with E-state index in [4.69, 9.17) is 20.9 Å². The Kier molecular flexibility index (Phi) is 3.74. The molecule has 2 rings (SSSR count). The number of primary amides is 1. The first kappa shape index (κ1) is 13.7. The Balaban J connectivity index is 2.38. The maximum absolute atomic E-state index is 11.1. The van der Waals surface area contributed by atoms with Crippen LogP contribution in [0.3, 0.4) is 0 Å². The monoisotopic (exact) mass is 273 g/mol. The van der Waals surface area contributed by atoms with Crippen LogP contribution < -0.4 is 20.9 Å². The number of benzene rings is 1. The van der Waals surface area contributed by atoms with E-state index < -0.39 is 5.91 Å². The number of hydrogen-bond acceptors (Lipinski definition) is 5. The molecule has 6 nitrogen and oxygen atoms in total. The van der Waals surface area contributed by atoms with Crippen LogP contribution in [0.2, 0.25) is 0 Å². The zero-order valence-electron chi connectivity index (χ0n) is 11.2. The van der Waals surface area contributed by atoms with E-state index in [-0.39, 0.29) is 5.88 Å². The predicted molar refractivity (Wildman–Crippen MR) is 75.0 cm³/mol. The van der Waals surface area contributed by atoms with Gasteiger partial charge in [0.2, 0.25) is 11.8 Å². The van der Waals surface area contributed by atoms with E-state index in [1.807, 2.05) is 6.92 Å². The van der Waals surface area contributed by atoms with E-state index in [2.05, 4.69) is 4.98 Å². The van der Waals surface area contributed by atoms with Crippen LogP contribution in [0.1, 0.15) is 16.1 Å². The smallest absolute Gasteiger partial charge is 0.248 e. The number of carbonyl (C=O) groups is 1. The van der Waals surface area contributed by atoms with Crippen molar-refractivity contribution in [2.24, 2.45) is 5.73 Å². The summed E-state index contributed by atoms with van der Waals surface area (Å²) in [4.78, 5) is 15.3. The minimum atomic E-state index is -0.539. The third-order valence-corrected chi connectivity index (χ3v) is 2.68. The summed E-state index contributed by atoms with van der Waals surface area (Å²) in [5.41, 5.74) is 12.5. The predicted octanol–water partition coefficient (Wildman–Crippen LogP) is 1.87. The Labute approximate surface area is 116 Å². The molecule has 0 unspecified atom stereocenters. The minimum Gasteiger partial charge on any atom is -0.493 e. The van der Waals surface area contributed by atoms with Crippen LogP contribution in [0.25, 0.3) is 0 Å². The molecule has 104 valence electrons. The number of aryl methyl sites for hydroxylation is 1. The highest BCUT2D eigenvalue weighted by molar-refractivity contribution is 5.93. The van der Waals surface area contributed by atoms with Crippen LogP contribution in [0.5, 0.6) is 17.4 Å². The van der Waals surface area contributed by atoms with Gasteiger partial charge in [0.25, 0.3) is 0 Å². The number of nitrogen functional groups attached to an aromatic ring is 1. The number of ether oxygens (including phenoxy) is 2. The Morgan fingerprint density at radius 1 is 1.20 bits per heavy atom. The molecule has 6 heteroatoms. The Morgan fingerprint density at radius 3 is 2.60 bits per heavy atom. The second kappa shape index (κ2) is 5.48. The van der Waals surface area contributed by atoms with E-state index in [1.54, 1.807) is 24.3 Å². The van der Waals surface area contributed by atoms with Gasteiger partial charge in [-0.2, -0.15) is 0 Å². The van der Waals surface area contributed by atoms with E-state index >= 15 is 0 Å². The van der Waals surface area contributed by atoms with Gasteiger partial charge in [0.1, 0.15) is 0 Å². The summed E-state index contributed by atoms with van der Waals surface area (Å²) in [5.74, 6) is 0.532. The third-order valence-electron chi connectivity index (χ3n) is 2.68. The van der Waals surface area contributed by atoms with Gasteiger partial charge >= 0.3 is 0 Å². The third kappa shape index (κ3) is 2.80. The summed E-state index contributed by atoms with van der Waals surface area (Å²) in [5, 5.41) is 0. The lowest BCUT2D eigenvalue weighted by Crippen LogP contribution is -2.11. The van der Waals surface area contributed by atoms with Crippen molar-refractivity contribution in [1.29, 1.82) is 0 Å². The Hall–Kier alpha value is -2.76. The van der Waals surface area contributed by atoms with Crippen molar-refractivity contribution in [1.82, 2.24) is 4.98 Å². The van der Waals surface area contributed by atoms with Gasteiger partial charge in [0, 0.05) is 11.3 Å². The number of methoxy groups -OCH3 is 1. The fourth-order valence-corrected chi connectivity index (χ4v) is 1.63. The van der Waals surface area contributed by atoms with Crippen LogP contribution in [0, 0.1) is 6.92 Å². The molecule has 0 fully saturated rings. The van der Waals surface area contributed by atoms with Gasteiger partial charge in [-0.3, -0.25) is 4.79 Å². The van der Waals surface area contributed by atoms with Crippen LogP contribution in [0.4, 0.5) is 5.69 Å². The zero-order valence-corrected chi connectivity index (χ0v) is 11.2. The number of pyridine rings is 1. The quantitative estimate of drug-likeness (QED) is 0.885. The molecule has 0 radical (unpaired) electrons. The molecule has 0 saturated heterocycles. The molecular weight excluding hydrogens is 258 g/mol. The molecule has 20 heavy (non-hydrogen) atoms. The molecule has 0 aliphatic rings. The molecule has 0 saturated carbocycles. The molecule has 1 heterocycles. The molecule has 1 amide bonds. The molecule has 1 aromatic heterocycles. The number of nitrogens with two attached hydrogens (primary N) is 2. The molecular formula is C14H15N3O3. The van der Waals surface area contributed by atoms with Crippen LogP contribution in [-0.2, 0) is 0 Å². The molecule has 1 aromatic carbocycles. The van der Waals surface area contributed by atoms with Crippen molar-refractivity contribution in [3.05, 3.63) is 41.6 Å². The average Bonchev–Trinajstić information content (AvgIpc) is 2.43. The molecule has 0 atom stereocenters. The fourth-order valence-electron chi connectivity index (χ4n) is 1.63. The maximum atomic E-state index is 11.1. The van der Waals surface area contributed by atoms with Crippen LogP contribution >= 0.6 is 0 Å². The lowest BCUT2D eigenvalue weighted by molar-refractivity contribution is 0.1000. The van der Waals surface area contributed by atoms with Gasteiger partial charge in [0.15, 0.2) is 11.5 Å². The van der Waals surface area contributed by atoms with Gasteiger partial charge < -0.3 is 20.9 Å². The maximum Gasteiger partial charge on any atom is 0.248 e. The number of nitrogens with zero attached hydrogens (tertiary/aromatic N) is 1. The van der Waals surface area contributed by atoms with Crippen LogP contribution in [-0.4, -0.2) is 18.0 Å². The van der Waals surface area contributed by atoms with E-state index in [9.17, 15) is 4.79 Å². The highest BCUT2D eigenvalue weighted by Gasteiger charge is 2.12. The van der Waals surface area contributed by atoms with Gasteiger partial charge in [-0.1, -0.05) is 0 Å². The standard InChI is InChI=1S/C14H15N3O3/c1-8-3-5-10(15)14(17-8)20-11-6-4-9(13(16)18)7-12(11)19-2/h3-7H,15H2,1-2H3,(H2,16,18). The molecule has 0 bridgehead atoms. The van der Waals surface area contributed by atoms with Crippen molar-refractivity contribution in [3.63, 3.8) is 0 Å². The topological polar surface area (TPSA) is 100 Å². The molecule has 0 aliphatic heterocycles. The van der Waals surface area contributed by atoms with E-state index in [0.29, 0.717) is 22.7 Å². The average molecular weight is 273 g/mol. The van der Waals surface area contributed by atoms with Crippen molar-refractivity contribution in [3.8, 4) is 17.4 Å². The van der Waals surface area contributed by atoms with E-state index in [0.717, 1.165) is 5.69 Å². The van der Waals surface area contributed by atoms with Crippen molar-refractivity contribution < 1.29 is 14.3 Å². The molecule has 2 aromatic rings. The van der Waals surface area contributed by atoms with Crippen molar-refractivity contribution in [2.75, 3.05) is 12.8 Å². The first-order valence-corrected chi connectivity index (χ1v) is 5.90. The molecule has 0 aliphatic carbocycles. The Morgan fingerprint density at radius 2 is 1.95 bits per heavy atom. The highest BCUT2D eigenvalue weighted by atomic mass is 16.5. The van der Waals surface area contributed by atoms with Gasteiger partial charge in [-0.15, -0.1) is 0 Å². The SMILES string of the molecule is COc1cc(C(N)=O)ccc1Oc1nc(C)ccc1N. The van der Waals surface area contributed by atoms with Crippen molar-refractivity contribution >= 4 is 11.6 Å². The first-order valence-electron chi connectivity index (χ1n) is 5.90. The summed E-state index contributed by atoms with van der Waals surface area (Å²) in [7, 11) is 1.47. The number of aromatic nitrogens is 1. The summed E-state index contributed by atoms with van der Waals surface area (Å²) in [6, 6.07) is 8.13. The van der Waals surface area contributed by atoms with Gasteiger partial charge in [0.05, 0.1) is 12.8 Å². The fraction of sp³-hybridized carbons (Fsp3) is 0.143. The Bertz CT molecular complexity index is 656. The van der Waals surface area contributed by atoms with Gasteiger partial charge in [-0.05, 0) is 37.3 Å². The summed E-state index contributed by atoms with van der Waals surface area (Å²) in [6.45, 7) is 1.83. The normalized spacial score (nSPS) is 10.1. The lowest BCUT2D eigenvalue weighted by Gasteiger charge is -2.12. The number of carbonyl (C=O) groups excluding carboxylic acids is 1. The lowest BCUT2D eigenvalue weighted by atomic mass is 10.2. The summed E-state index contributed by atoms with van der Waals surface area (Å²) < 4.78 is 10.8. The summed E-state index contributed by atoms with van der Waals surface area (Å²) >= 11 is 0. The largest absolute Gasteiger partial charge is 0.493 e. The highest BCUT2D eigenvalue weighted by Crippen LogP contribution is 2.33. The second-order valence-electron chi connectivity index (χ2n) is 4.18. The molecule has 0 spiro atoms. The van der Waals surface area contributed by atoms with Crippen LogP contribution in [0.15, 0.2) is 30.3 Å². The minimum absolute atomic E-state index is 0.287. The number of rotatable bonds is 4. The van der Waals surface area contributed by atoms with Gasteiger partial charge in [-0.25, -0.2) is 4.98 Å². The first-order chi connectivity index (χ1) is 9.51. The van der Waals surface area contributed by atoms with E-state index in [1.165, 1.54) is 13.2 Å². The van der Waals surface area contributed by atoms with Crippen molar-refractivity contribution in [2.45, 2.75) is 6.92 Å². The number of hydrogen-bond donors (Lipinski definition) is 2. The number of amides is 1. The second-order valence-corrected chi connectivity index (χ2v) is 4.18. The summed E-state index contributed by atoms with van der Waals surface area (Å²) in [6.07, 6.45) is 0.